The molecular weight excluding hydrogens is 576 g/mol. The van der Waals surface area contributed by atoms with E-state index in [1.165, 1.54) is 28.4 Å². The number of nitrogens with zero attached hydrogens (tertiary/aromatic N) is 1. The summed E-state index contributed by atoms with van der Waals surface area (Å²) in [6.07, 6.45) is 0.142. The fourth-order valence-electron chi connectivity index (χ4n) is 4.69. The van der Waals surface area contributed by atoms with Gasteiger partial charge in [0, 0.05) is 15.6 Å². The van der Waals surface area contributed by atoms with Gasteiger partial charge in [-0.2, -0.15) is 0 Å². The van der Waals surface area contributed by atoms with Crippen molar-refractivity contribution in [2.45, 2.75) is 42.6 Å². The lowest BCUT2D eigenvalue weighted by Crippen LogP contribution is -2.70. The third-order valence-corrected chi connectivity index (χ3v) is 9.56. The maximum Gasteiger partial charge on any atom is 0.356 e. The number of methoxy groups -OCH3 is 1. The maximum absolute atomic E-state index is 13.6. The number of nitrogens with one attached hydrogen (secondary N) is 1. The van der Waals surface area contributed by atoms with Crippen molar-refractivity contribution in [1.82, 2.24) is 10.2 Å². The van der Waals surface area contributed by atoms with E-state index in [4.69, 9.17) is 9.47 Å². The van der Waals surface area contributed by atoms with Crippen LogP contribution in [0.2, 0.25) is 0 Å². The van der Waals surface area contributed by atoms with Crippen LogP contribution < -0.4 is 10.1 Å². The first-order valence-corrected chi connectivity index (χ1v) is 15.1. The number of rotatable bonds is 11. The number of aliphatic hydroxyl groups excluding tert-OH is 2. The molecule has 2 heterocycles. The summed E-state index contributed by atoms with van der Waals surface area (Å²) in [5, 5.41) is 21.8. The van der Waals surface area contributed by atoms with Crippen molar-refractivity contribution in [3.05, 3.63) is 106 Å². The summed E-state index contributed by atoms with van der Waals surface area (Å²) < 4.78 is 10.9. The number of hydrogen-bond donors (Lipinski definition) is 3. The highest BCUT2D eigenvalue weighted by atomic mass is 32.2. The highest BCUT2D eigenvalue weighted by Gasteiger charge is 2.54. The van der Waals surface area contributed by atoms with Crippen molar-refractivity contribution in [3.63, 3.8) is 0 Å². The van der Waals surface area contributed by atoms with Gasteiger partial charge in [0.1, 0.15) is 29.5 Å². The van der Waals surface area contributed by atoms with E-state index in [9.17, 15) is 24.6 Å². The molecule has 3 aromatic rings. The zero-order valence-corrected chi connectivity index (χ0v) is 24.5. The minimum absolute atomic E-state index is 0.00551. The molecule has 9 nitrogen and oxygen atoms in total. The van der Waals surface area contributed by atoms with Gasteiger partial charge in [-0.15, -0.1) is 11.8 Å². The molecule has 2 aliphatic rings. The number of benzene rings is 3. The summed E-state index contributed by atoms with van der Waals surface area (Å²) in [6.45, 7) is -0.427. The lowest BCUT2D eigenvalue weighted by Gasteiger charge is -2.49. The highest BCUT2D eigenvalue weighted by molar-refractivity contribution is 8.06. The molecule has 0 aromatic heterocycles. The zero-order chi connectivity index (χ0) is 29.6. The van der Waals surface area contributed by atoms with Crippen molar-refractivity contribution < 1.29 is 34.1 Å². The molecular formula is C31H30N2O7S2. The van der Waals surface area contributed by atoms with Gasteiger partial charge in [0.2, 0.25) is 5.91 Å². The Labute approximate surface area is 251 Å². The molecule has 2 atom stereocenters. The van der Waals surface area contributed by atoms with E-state index in [2.05, 4.69) is 5.32 Å². The average molecular weight is 607 g/mol. The first-order valence-electron chi connectivity index (χ1n) is 13.2. The second-order valence-corrected chi connectivity index (χ2v) is 11.9. The van der Waals surface area contributed by atoms with Crippen LogP contribution >= 0.6 is 23.5 Å². The van der Waals surface area contributed by atoms with Crippen molar-refractivity contribution >= 4 is 41.3 Å². The molecule has 3 aromatic carbocycles. The quantitative estimate of drug-likeness (QED) is 0.223. The van der Waals surface area contributed by atoms with Gasteiger partial charge in [0.25, 0.3) is 5.91 Å². The molecule has 3 N–H and O–H groups in total. The van der Waals surface area contributed by atoms with Crippen LogP contribution in [0, 0.1) is 0 Å². The lowest BCUT2D eigenvalue weighted by molar-refractivity contribution is -0.153. The molecule has 0 spiro atoms. The van der Waals surface area contributed by atoms with Gasteiger partial charge in [0.15, 0.2) is 0 Å². The van der Waals surface area contributed by atoms with E-state index < -0.39 is 17.4 Å². The van der Waals surface area contributed by atoms with Crippen LogP contribution in [0.1, 0.15) is 22.3 Å². The number of esters is 1. The minimum atomic E-state index is -0.765. The molecule has 11 heteroatoms. The van der Waals surface area contributed by atoms with Gasteiger partial charge < -0.3 is 25.0 Å². The SMILES string of the molecule is COc1ccc(COC(=O)C2=C(Sc3ccc(CO)cc3CO)CS[C@@H]3[C@H](NC(=O)Cc4ccccc4)C(=O)N23)cc1. The van der Waals surface area contributed by atoms with E-state index in [1.807, 2.05) is 30.3 Å². The Morgan fingerprint density at radius 3 is 2.43 bits per heavy atom. The monoisotopic (exact) mass is 606 g/mol. The summed E-state index contributed by atoms with van der Waals surface area (Å²) >= 11 is 2.72. The fraction of sp³-hybridized carbons (Fsp3) is 0.258. The smallest absolute Gasteiger partial charge is 0.356 e. The Morgan fingerprint density at radius 2 is 1.74 bits per heavy atom. The van der Waals surface area contributed by atoms with E-state index >= 15 is 0 Å². The number of aliphatic hydroxyl groups is 2. The number of ether oxygens (including phenoxy) is 2. The number of fused-ring (bicyclic) bond motifs is 1. The third kappa shape index (κ3) is 6.49. The van der Waals surface area contributed by atoms with Gasteiger partial charge >= 0.3 is 5.97 Å². The first kappa shape index (κ1) is 29.7. The van der Waals surface area contributed by atoms with Gasteiger partial charge in [0.05, 0.1) is 26.7 Å². The predicted octanol–water partition coefficient (Wildman–Crippen LogP) is 3.37. The fourth-order valence-corrected chi connectivity index (χ4v) is 7.26. The molecule has 0 bridgehead atoms. The molecule has 5 rings (SSSR count). The summed E-state index contributed by atoms with van der Waals surface area (Å²) in [4.78, 5) is 42.4. The minimum Gasteiger partial charge on any atom is -0.497 e. The standard InChI is InChI=1S/C31H30N2O7S2/c1-39-23-10-7-20(8-11-23)17-40-31(38)28-25(42-24-12-9-21(15-34)13-22(24)16-35)18-41-30-27(29(37)33(28)30)32-26(36)14-19-5-3-2-4-6-19/h2-13,27,30,34-35H,14-18H2,1H3,(H,32,36)/t27-,30-/m1/s1. The Balaban J connectivity index is 1.38. The average Bonchev–Trinajstić information content (AvgIpc) is 3.03. The van der Waals surface area contributed by atoms with Crippen molar-refractivity contribution in [1.29, 1.82) is 0 Å². The van der Waals surface area contributed by atoms with E-state index in [-0.39, 0.29) is 43.8 Å². The van der Waals surface area contributed by atoms with Crippen LogP contribution in [0.3, 0.4) is 0 Å². The normalized spacial score (nSPS) is 17.8. The van der Waals surface area contributed by atoms with E-state index in [0.717, 1.165) is 11.1 Å². The molecule has 218 valence electrons. The van der Waals surface area contributed by atoms with Crippen molar-refractivity contribution in [2.24, 2.45) is 0 Å². The molecule has 0 unspecified atom stereocenters. The summed E-state index contributed by atoms with van der Waals surface area (Å²) in [6, 6.07) is 20.8. The number of carbonyl (C=O) groups excluding carboxylic acids is 3. The number of carbonyl (C=O) groups is 3. The van der Waals surface area contributed by atoms with Crippen LogP contribution in [0.15, 0.2) is 88.3 Å². The lowest BCUT2D eigenvalue weighted by atomic mass is 10.0. The first-order chi connectivity index (χ1) is 20.4. The van der Waals surface area contributed by atoms with Crippen LogP contribution in [-0.4, -0.2) is 57.2 Å². The van der Waals surface area contributed by atoms with Crippen molar-refractivity contribution in [2.75, 3.05) is 12.9 Å². The van der Waals surface area contributed by atoms with Crippen LogP contribution in [0.5, 0.6) is 5.75 Å². The number of amides is 2. The van der Waals surface area contributed by atoms with Crippen LogP contribution in [-0.2, 0) is 45.4 Å². The summed E-state index contributed by atoms with van der Waals surface area (Å²) in [7, 11) is 1.57. The number of hydrogen-bond acceptors (Lipinski definition) is 9. The van der Waals surface area contributed by atoms with Gasteiger partial charge in [-0.1, -0.05) is 66.4 Å². The predicted molar refractivity (Wildman–Crippen MR) is 159 cm³/mol. The van der Waals surface area contributed by atoms with Crippen molar-refractivity contribution in [3.8, 4) is 5.75 Å². The van der Waals surface area contributed by atoms with Gasteiger partial charge in [-0.3, -0.25) is 14.5 Å². The number of thioether (sulfide) groups is 2. The van der Waals surface area contributed by atoms with E-state index in [0.29, 0.717) is 32.4 Å². The second kappa shape index (κ2) is 13.5. The molecule has 1 fully saturated rings. The van der Waals surface area contributed by atoms with Gasteiger partial charge in [-0.05, 0) is 40.5 Å². The second-order valence-electron chi connectivity index (χ2n) is 9.67. The Morgan fingerprint density at radius 1 is 1.00 bits per heavy atom. The zero-order valence-electron chi connectivity index (χ0n) is 22.8. The molecule has 2 aliphatic heterocycles. The Bertz CT molecular complexity index is 1490. The topological polar surface area (TPSA) is 125 Å². The molecule has 0 aliphatic carbocycles. The Kier molecular flexibility index (Phi) is 9.53. The summed E-state index contributed by atoms with van der Waals surface area (Å²) in [5.74, 6) is -0.245. The van der Waals surface area contributed by atoms with Crippen LogP contribution in [0.25, 0.3) is 0 Å². The largest absolute Gasteiger partial charge is 0.497 e. The van der Waals surface area contributed by atoms with Crippen LogP contribution in [0.4, 0.5) is 0 Å². The third-order valence-electron chi connectivity index (χ3n) is 6.89. The molecule has 42 heavy (non-hydrogen) atoms. The molecule has 0 radical (unpaired) electrons. The number of β-lactam (4-membered cyclic amide) rings is 1. The van der Waals surface area contributed by atoms with E-state index in [1.54, 1.807) is 49.6 Å². The highest BCUT2D eigenvalue weighted by Crippen LogP contribution is 2.46. The molecule has 0 saturated carbocycles. The molecule has 1 saturated heterocycles. The maximum atomic E-state index is 13.6. The molecule has 2 amide bonds. The summed E-state index contributed by atoms with van der Waals surface area (Å²) in [5.41, 5.74) is 2.97. The Hall–Kier alpha value is -3.77. The van der Waals surface area contributed by atoms with Gasteiger partial charge in [-0.25, -0.2) is 4.79 Å².